The summed E-state index contributed by atoms with van der Waals surface area (Å²) < 4.78 is 5.08. The lowest BCUT2D eigenvalue weighted by atomic mass is 9.90. The zero-order valence-electron chi connectivity index (χ0n) is 11.3. The number of amides is 1. The van der Waals surface area contributed by atoms with Crippen LogP contribution in [0.15, 0.2) is 0 Å². The SMILES string of the molecule is CCC(COC)NC(=O)CC1NCCCC1C. The second-order valence-electron chi connectivity index (χ2n) is 5.01. The van der Waals surface area contributed by atoms with Crippen molar-refractivity contribution in [2.75, 3.05) is 20.3 Å². The third-order valence-corrected chi connectivity index (χ3v) is 3.56. The van der Waals surface area contributed by atoms with Gasteiger partial charge in [-0.3, -0.25) is 4.79 Å². The van der Waals surface area contributed by atoms with Gasteiger partial charge in [-0.05, 0) is 31.7 Å². The van der Waals surface area contributed by atoms with Crippen LogP contribution in [-0.4, -0.2) is 38.3 Å². The first-order valence-corrected chi connectivity index (χ1v) is 6.69. The molecule has 1 aliphatic heterocycles. The molecule has 1 rings (SSSR count). The highest BCUT2D eigenvalue weighted by atomic mass is 16.5. The first kappa shape index (κ1) is 14.5. The van der Waals surface area contributed by atoms with Gasteiger partial charge in [0.25, 0.3) is 0 Å². The Labute approximate surface area is 104 Å². The van der Waals surface area contributed by atoms with E-state index in [-0.39, 0.29) is 11.9 Å². The summed E-state index contributed by atoms with van der Waals surface area (Å²) in [6.45, 7) is 5.91. The Bertz CT molecular complexity index is 233. The van der Waals surface area contributed by atoms with Crippen LogP contribution in [0.4, 0.5) is 0 Å². The average molecular weight is 242 g/mol. The molecule has 2 N–H and O–H groups in total. The van der Waals surface area contributed by atoms with E-state index in [0.29, 0.717) is 25.0 Å². The fourth-order valence-corrected chi connectivity index (χ4v) is 2.34. The molecular formula is C13H26N2O2. The first-order chi connectivity index (χ1) is 8.17. The van der Waals surface area contributed by atoms with E-state index in [1.807, 2.05) is 0 Å². The third-order valence-electron chi connectivity index (χ3n) is 3.56. The van der Waals surface area contributed by atoms with Crippen molar-refractivity contribution < 1.29 is 9.53 Å². The molecule has 0 aromatic heterocycles. The zero-order chi connectivity index (χ0) is 12.7. The molecule has 0 bridgehead atoms. The van der Waals surface area contributed by atoms with Crippen molar-refractivity contribution >= 4 is 5.91 Å². The Morgan fingerprint density at radius 3 is 2.94 bits per heavy atom. The van der Waals surface area contributed by atoms with Crippen LogP contribution in [0.2, 0.25) is 0 Å². The lowest BCUT2D eigenvalue weighted by Crippen LogP contribution is -2.45. The smallest absolute Gasteiger partial charge is 0.221 e. The van der Waals surface area contributed by atoms with E-state index in [1.54, 1.807) is 7.11 Å². The first-order valence-electron chi connectivity index (χ1n) is 6.69. The molecule has 1 aliphatic rings. The van der Waals surface area contributed by atoms with Gasteiger partial charge in [0.1, 0.15) is 0 Å². The summed E-state index contributed by atoms with van der Waals surface area (Å²) in [5.74, 6) is 0.733. The molecule has 0 aromatic carbocycles. The predicted molar refractivity (Wildman–Crippen MR) is 68.9 cm³/mol. The zero-order valence-corrected chi connectivity index (χ0v) is 11.3. The summed E-state index contributed by atoms with van der Waals surface area (Å²) in [5.41, 5.74) is 0. The largest absolute Gasteiger partial charge is 0.383 e. The van der Waals surface area contributed by atoms with Crippen LogP contribution in [0.5, 0.6) is 0 Å². The number of nitrogens with one attached hydrogen (secondary N) is 2. The average Bonchev–Trinajstić information content (AvgIpc) is 2.31. The minimum atomic E-state index is 0.139. The summed E-state index contributed by atoms with van der Waals surface area (Å²) >= 11 is 0. The molecule has 1 saturated heterocycles. The molecule has 17 heavy (non-hydrogen) atoms. The topological polar surface area (TPSA) is 50.4 Å². The molecule has 4 heteroatoms. The molecule has 0 spiro atoms. The van der Waals surface area contributed by atoms with Gasteiger partial charge < -0.3 is 15.4 Å². The highest BCUT2D eigenvalue weighted by Crippen LogP contribution is 2.17. The van der Waals surface area contributed by atoms with Crippen molar-refractivity contribution in [3.63, 3.8) is 0 Å². The van der Waals surface area contributed by atoms with E-state index in [4.69, 9.17) is 4.74 Å². The lowest BCUT2D eigenvalue weighted by Gasteiger charge is -2.30. The summed E-state index contributed by atoms with van der Waals surface area (Å²) in [4.78, 5) is 11.9. The molecular weight excluding hydrogens is 216 g/mol. The van der Waals surface area contributed by atoms with E-state index >= 15 is 0 Å². The number of hydrogen-bond donors (Lipinski definition) is 2. The van der Waals surface area contributed by atoms with Crippen molar-refractivity contribution in [1.82, 2.24) is 10.6 Å². The van der Waals surface area contributed by atoms with E-state index < -0.39 is 0 Å². The van der Waals surface area contributed by atoms with Crippen molar-refractivity contribution in [2.45, 2.75) is 51.6 Å². The van der Waals surface area contributed by atoms with Crippen LogP contribution >= 0.6 is 0 Å². The molecule has 100 valence electrons. The molecule has 0 aromatic rings. The molecule has 1 heterocycles. The number of hydrogen-bond acceptors (Lipinski definition) is 3. The minimum absolute atomic E-state index is 0.139. The standard InChI is InChI=1S/C13H26N2O2/c1-4-11(9-17-3)15-13(16)8-12-10(2)6-5-7-14-12/h10-12,14H,4-9H2,1-3H3,(H,15,16). The number of ether oxygens (including phenoxy) is 1. The quantitative estimate of drug-likeness (QED) is 0.738. The van der Waals surface area contributed by atoms with E-state index in [0.717, 1.165) is 13.0 Å². The molecule has 3 atom stereocenters. The van der Waals surface area contributed by atoms with Gasteiger partial charge in [-0.15, -0.1) is 0 Å². The molecule has 1 fully saturated rings. The normalized spacial score (nSPS) is 26.5. The fraction of sp³-hybridized carbons (Fsp3) is 0.923. The van der Waals surface area contributed by atoms with Gasteiger partial charge in [-0.2, -0.15) is 0 Å². The monoisotopic (exact) mass is 242 g/mol. The Morgan fingerprint density at radius 1 is 1.59 bits per heavy atom. The summed E-state index contributed by atoms with van der Waals surface area (Å²) in [5, 5.41) is 6.46. The second kappa shape index (κ2) is 7.67. The van der Waals surface area contributed by atoms with Gasteiger partial charge in [-0.25, -0.2) is 0 Å². The summed E-state index contributed by atoms with van der Waals surface area (Å²) in [6.07, 6.45) is 3.94. The number of carbonyl (C=O) groups excluding carboxylic acids is 1. The summed E-state index contributed by atoms with van der Waals surface area (Å²) in [6, 6.07) is 0.482. The van der Waals surface area contributed by atoms with Crippen LogP contribution in [0.25, 0.3) is 0 Å². The van der Waals surface area contributed by atoms with Crippen LogP contribution in [0.3, 0.4) is 0 Å². The van der Waals surface area contributed by atoms with Crippen molar-refractivity contribution in [2.24, 2.45) is 5.92 Å². The van der Waals surface area contributed by atoms with Crippen LogP contribution in [-0.2, 0) is 9.53 Å². The maximum Gasteiger partial charge on any atom is 0.221 e. The van der Waals surface area contributed by atoms with Gasteiger partial charge in [-0.1, -0.05) is 13.8 Å². The maximum atomic E-state index is 11.9. The van der Waals surface area contributed by atoms with Gasteiger partial charge >= 0.3 is 0 Å². The Balaban J connectivity index is 2.32. The number of methoxy groups -OCH3 is 1. The molecule has 0 radical (unpaired) electrons. The van der Waals surface area contributed by atoms with Crippen LogP contribution < -0.4 is 10.6 Å². The van der Waals surface area contributed by atoms with Gasteiger partial charge in [0.05, 0.1) is 12.6 Å². The lowest BCUT2D eigenvalue weighted by molar-refractivity contribution is -0.123. The van der Waals surface area contributed by atoms with E-state index in [2.05, 4.69) is 24.5 Å². The van der Waals surface area contributed by atoms with Crippen molar-refractivity contribution in [3.05, 3.63) is 0 Å². The highest BCUT2D eigenvalue weighted by molar-refractivity contribution is 5.77. The highest BCUT2D eigenvalue weighted by Gasteiger charge is 2.23. The summed E-state index contributed by atoms with van der Waals surface area (Å²) in [7, 11) is 1.67. The Morgan fingerprint density at radius 2 is 2.35 bits per heavy atom. The minimum Gasteiger partial charge on any atom is -0.383 e. The van der Waals surface area contributed by atoms with Crippen molar-refractivity contribution in [1.29, 1.82) is 0 Å². The maximum absolute atomic E-state index is 11.9. The molecule has 0 aliphatic carbocycles. The molecule has 1 amide bonds. The Kier molecular flexibility index (Phi) is 6.52. The van der Waals surface area contributed by atoms with Gasteiger partial charge in [0.2, 0.25) is 5.91 Å². The fourth-order valence-electron chi connectivity index (χ4n) is 2.34. The number of carbonyl (C=O) groups is 1. The van der Waals surface area contributed by atoms with Gasteiger partial charge in [0.15, 0.2) is 0 Å². The Hall–Kier alpha value is -0.610. The third kappa shape index (κ3) is 5.04. The van der Waals surface area contributed by atoms with E-state index in [9.17, 15) is 4.79 Å². The van der Waals surface area contributed by atoms with Crippen LogP contribution in [0, 0.1) is 5.92 Å². The second-order valence-corrected chi connectivity index (χ2v) is 5.01. The molecule has 4 nitrogen and oxygen atoms in total. The number of rotatable bonds is 6. The van der Waals surface area contributed by atoms with Crippen molar-refractivity contribution in [3.8, 4) is 0 Å². The van der Waals surface area contributed by atoms with E-state index in [1.165, 1.54) is 12.8 Å². The molecule has 3 unspecified atom stereocenters. The van der Waals surface area contributed by atoms with Gasteiger partial charge in [0, 0.05) is 19.6 Å². The number of piperidine rings is 1. The predicted octanol–water partition coefficient (Wildman–Crippen LogP) is 1.31. The van der Waals surface area contributed by atoms with Crippen LogP contribution in [0.1, 0.15) is 39.5 Å². The molecule has 0 saturated carbocycles.